The standard InChI is InChI=1S/C15H16IN3O2/c16-14-13(9-3-5-19(14)6-4-9)18-15(20)10-1-2-11-12(7-10)21-8-17-11/h1-2,7-9,13-14H,3-6H2,(H,18,20). The van der Waals surface area contributed by atoms with Gasteiger partial charge in [0.25, 0.3) is 5.91 Å². The van der Waals surface area contributed by atoms with E-state index >= 15 is 0 Å². The molecule has 2 atom stereocenters. The zero-order chi connectivity index (χ0) is 14.4. The molecule has 110 valence electrons. The SMILES string of the molecule is O=C(NC1C2CCN(CC2)C1I)c1ccc2ncoc2c1. The molecule has 3 fully saturated rings. The van der Waals surface area contributed by atoms with Gasteiger partial charge in [-0.3, -0.25) is 9.69 Å². The third-order valence-corrected chi connectivity index (χ3v) is 6.18. The van der Waals surface area contributed by atoms with Gasteiger partial charge in [0.1, 0.15) is 5.52 Å². The number of halogens is 1. The Bertz CT molecular complexity index is 676. The first-order chi connectivity index (χ1) is 10.2. The van der Waals surface area contributed by atoms with Crippen LogP contribution < -0.4 is 5.32 Å². The number of piperidine rings is 3. The number of benzene rings is 1. The fraction of sp³-hybridized carbons (Fsp3) is 0.467. The monoisotopic (exact) mass is 397 g/mol. The molecule has 21 heavy (non-hydrogen) atoms. The lowest BCUT2D eigenvalue weighted by molar-refractivity contribution is 0.0554. The van der Waals surface area contributed by atoms with E-state index in [-0.39, 0.29) is 11.9 Å². The molecule has 5 rings (SSSR count). The number of fused-ring (bicyclic) bond motifs is 4. The molecule has 1 N–H and O–H groups in total. The molecular weight excluding hydrogens is 381 g/mol. The number of hydrogen-bond donors (Lipinski definition) is 1. The number of hydrogen-bond acceptors (Lipinski definition) is 4. The third kappa shape index (κ3) is 2.34. The number of nitrogens with one attached hydrogen (secondary N) is 1. The smallest absolute Gasteiger partial charge is 0.251 e. The van der Waals surface area contributed by atoms with Crippen molar-refractivity contribution < 1.29 is 9.21 Å². The van der Waals surface area contributed by atoms with Crippen LogP contribution in [0.3, 0.4) is 0 Å². The van der Waals surface area contributed by atoms with Crippen molar-refractivity contribution in [3.8, 4) is 0 Å². The summed E-state index contributed by atoms with van der Waals surface area (Å²) in [5.74, 6) is 0.587. The van der Waals surface area contributed by atoms with Gasteiger partial charge in [0, 0.05) is 5.56 Å². The van der Waals surface area contributed by atoms with Crippen molar-refractivity contribution in [3.05, 3.63) is 30.2 Å². The molecule has 2 aromatic rings. The molecule has 0 saturated carbocycles. The van der Waals surface area contributed by atoms with Gasteiger partial charge in [0.2, 0.25) is 0 Å². The maximum atomic E-state index is 12.5. The summed E-state index contributed by atoms with van der Waals surface area (Å²) in [7, 11) is 0. The molecule has 0 radical (unpaired) electrons. The van der Waals surface area contributed by atoms with E-state index in [0.717, 1.165) is 18.6 Å². The van der Waals surface area contributed by atoms with Crippen molar-refractivity contribution in [1.29, 1.82) is 0 Å². The number of amides is 1. The summed E-state index contributed by atoms with van der Waals surface area (Å²) in [5, 5.41) is 3.22. The van der Waals surface area contributed by atoms with Crippen LogP contribution >= 0.6 is 22.6 Å². The largest absolute Gasteiger partial charge is 0.443 e. The fourth-order valence-electron chi connectivity index (χ4n) is 3.39. The molecule has 0 spiro atoms. The highest BCUT2D eigenvalue weighted by Gasteiger charge is 2.41. The van der Waals surface area contributed by atoms with Crippen molar-refractivity contribution >= 4 is 39.6 Å². The Morgan fingerprint density at radius 3 is 2.95 bits per heavy atom. The number of alkyl halides is 1. The van der Waals surface area contributed by atoms with Crippen LogP contribution in [0.1, 0.15) is 23.2 Å². The van der Waals surface area contributed by atoms with E-state index in [4.69, 9.17) is 4.42 Å². The van der Waals surface area contributed by atoms with Crippen molar-refractivity contribution in [2.75, 3.05) is 13.1 Å². The lowest BCUT2D eigenvalue weighted by atomic mass is 9.84. The molecular formula is C15H16IN3O2. The van der Waals surface area contributed by atoms with E-state index < -0.39 is 0 Å². The second-order valence-corrected chi connectivity index (χ2v) is 7.06. The first-order valence-corrected chi connectivity index (χ1v) is 8.49. The Balaban J connectivity index is 1.54. The maximum Gasteiger partial charge on any atom is 0.251 e. The average Bonchev–Trinajstić information content (AvgIpc) is 2.98. The van der Waals surface area contributed by atoms with Gasteiger partial charge in [0.05, 0.1) is 10.1 Å². The number of carbonyl (C=O) groups is 1. The zero-order valence-corrected chi connectivity index (χ0v) is 13.6. The summed E-state index contributed by atoms with van der Waals surface area (Å²) in [5.41, 5.74) is 2.07. The summed E-state index contributed by atoms with van der Waals surface area (Å²) in [6.45, 7) is 2.32. The molecule has 2 unspecified atom stereocenters. The van der Waals surface area contributed by atoms with E-state index in [2.05, 4.69) is 37.8 Å². The predicted molar refractivity (Wildman–Crippen MR) is 87.4 cm³/mol. The van der Waals surface area contributed by atoms with E-state index in [1.807, 2.05) is 12.1 Å². The first-order valence-electron chi connectivity index (χ1n) is 7.24. The molecule has 4 heterocycles. The second-order valence-electron chi connectivity index (χ2n) is 5.78. The first kappa shape index (κ1) is 13.5. The second kappa shape index (κ2) is 5.24. The van der Waals surface area contributed by atoms with Gasteiger partial charge < -0.3 is 9.73 Å². The molecule has 1 aromatic heterocycles. The average molecular weight is 397 g/mol. The van der Waals surface area contributed by atoms with Crippen molar-refractivity contribution in [1.82, 2.24) is 15.2 Å². The fourth-order valence-corrected chi connectivity index (χ4v) is 4.72. The molecule has 3 aliphatic heterocycles. The van der Waals surface area contributed by atoms with Gasteiger partial charge >= 0.3 is 0 Å². The van der Waals surface area contributed by atoms with Crippen molar-refractivity contribution in [2.24, 2.45) is 5.92 Å². The van der Waals surface area contributed by atoms with Gasteiger partial charge in [0.15, 0.2) is 12.0 Å². The van der Waals surface area contributed by atoms with Crippen LogP contribution in [0.2, 0.25) is 0 Å². The Morgan fingerprint density at radius 1 is 1.38 bits per heavy atom. The highest BCUT2D eigenvalue weighted by molar-refractivity contribution is 14.1. The minimum Gasteiger partial charge on any atom is -0.443 e. The van der Waals surface area contributed by atoms with Gasteiger partial charge in [-0.2, -0.15) is 0 Å². The highest BCUT2D eigenvalue weighted by atomic mass is 127. The summed E-state index contributed by atoms with van der Waals surface area (Å²) in [4.78, 5) is 19.0. The lowest BCUT2D eigenvalue weighted by Gasteiger charge is -2.48. The molecule has 1 aromatic carbocycles. The minimum atomic E-state index is -0.0197. The predicted octanol–water partition coefficient (Wildman–Crippen LogP) is 2.41. The molecule has 0 aliphatic carbocycles. The van der Waals surface area contributed by atoms with Gasteiger partial charge in [-0.1, -0.05) is 22.6 Å². The lowest BCUT2D eigenvalue weighted by Crippen LogP contribution is -2.61. The van der Waals surface area contributed by atoms with Gasteiger partial charge in [-0.05, 0) is 50.0 Å². The number of oxazole rings is 1. The number of carbonyl (C=O) groups excluding carboxylic acids is 1. The third-order valence-electron chi connectivity index (χ3n) is 4.62. The molecule has 2 bridgehead atoms. The number of rotatable bonds is 2. The molecule has 3 saturated heterocycles. The van der Waals surface area contributed by atoms with Crippen LogP contribution in [0.15, 0.2) is 29.0 Å². The van der Waals surface area contributed by atoms with E-state index in [1.54, 1.807) is 6.07 Å². The van der Waals surface area contributed by atoms with E-state index in [1.165, 1.54) is 19.2 Å². The Hall–Kier alpha value is -1.15. The zero-order valence-electron chi connectivity index (χ0n) is 11.5. The summed E-state index contributed by atoms with van der Waals surface area (Å²) < 4.78 is 5.66. The Kier molecular flexibility index (Phi) is 3.37. The van der Waals surface area contributed by atoms with Crippen LogP contribution in [-0.4, -0.2) is 39.0 Å². The van der Waals surface area contributed by atoms with Gasteiger partial charge in [-0.15, -0.1) is 0 Å². The summed E-state index contributed by atoms with van der Waals surface area (Å²) >= 11 is 2.46. The van der Waals surface area contributed by atoms with E-state index in [0.29, 0.717) is 21.1 Å². The van der Waals surface area contributed by atoms with Gasteiger partial charge in [-0.25, -0.2) is 4.98 Å². The number of nitrogens with zero attached hydrogens (tertiary/aromatic N) is 2. The highest BCUT2D eigenvalue weighted by Crippen LogP contribution is 2.35. The van der Waals surface area contributed by atoms with Crippen LogP contribution in [0, 0.1) is 5.92 Å². The summed E-state index contributed by atoms with van der Waals surface area (Å²) in [6.07, 6.45) is 3.78. The van der Waals surface area contributed by atoms with Crippen molar-refractivity contribution in [2.45, 2.75) is 22.9 Å². The Morgan fingerprint density at radius 2 is 2.19 bits per heavy atom. The molecule has 5 nitrogen and oxygen atoms in total. The maximum absolute atomic E-state index is 12.5. The molecule has 6 heteroatoms. The molecule has 1 amide bonds. The van der Waals surface area contributed by atoms with Crippen LogP contribution in [0.25, 0.3) is 11.1 Å². The van der Waals surface area contributed by atoms with Crippen LogP contribution in [0.4, 0.5) is 0 Å². The van der Waals surface area contributed by atoms with Crippen LogP contribution in [-0.2, 0) is 0 Å². The topological polar surface area (TPSA) is 58.4 Å². The number of aromatic nitrogens is 1. The van der Waals surface area contributed by atoms with E-state index in [9.17, 15) is 4.79 Å². The normalized spacial score (nSPS) is 31.5. The molecule has 3 aliphatic rings. The quantitative estimate of drug-likeness (QED) is 0.481. The van der Waals surface area contributed by atoms with Crippen LogP contribution in [0.5, 0.6) is 0 Å². The summed E-state index contributed by atoms with van der Waals surface area (Å²) in [6, 6.07) is 5.64. The Labute approximate surface area is 136 Å². The minimum absolute atomic E-state index is 0.0197. The van der Waals surface area contributed by atoms with Crippen molar-refractivity contribution in [3.63, 3.8) is 0 Å².